The Labute approximate surface area is 146 Å². The maximum atomic E-state index is 12.3. The number of rotatable bonds is 5. The van der Waals surface area contributed by atoms with Crippen LogP contribution in [0.15, 0.2) is 24.3 Å². The fourth-order valence-electron chi connectivity index (χ4n) is 3.89. The zero-order valence-electron chi connectivity index (χ0n) is 13.9. The molecule has 3 N–H and O–H groups in total. The zero-order chi connectivity index (χ0) is 16.5. The van der Waals surface area contributed by atoms with Crippen molar-refractivity contribution in [2.75, 3.05) is 5.75 Å². The molecule has 3 heterocycles. The summed E-state index contributed by atoms with van der Waals surface area (Å²) < 4.78 is 0. The van der Waals surface area contributed by atoms with Gasteiger partial charge in [-0.2, -0.15) is 0 Å². The molecule has 0 spiro atoms. The molecule has 0 radical (unpaired) electrons. The van der Waals surface area contributed by atoms with E-state index in [1.165, 1.54) is 12.8 Å². The number of aromatic nitrogens is 2. The molecule has 2 saturated heterocycles. The highest BCUT2D eigenvalue weighted by atomic mass is 32.2. The van der Waals surface area contributed by atoms with Crippen LogP contribution in [0.5, 0.6) is 0 Å². The number of benzene rings is 1. The third-order valence-corrected chi connectivity index (χ3v) is 6.25. The van der Waals surface area contributed by atoms with Gasteiger partial charge in [0.2, 0.25) is 5.91 Å². The number of aromatic amines is 1. The number of H-pyrrole nitrogens is 1. The minimum absolute atomic E-state index is 0.147. The number of carbonyl (C=O) groups is 1. The number of thioether (sulfide) groups is 1. The zero-order valence-corrected chi connectivity index (χ0v) is 14.7. The molecule has 128 valence electrons. The minimum atomic E-state index is 0.147. The Hall–Kier alpha value is -1.53. The van der Waals surface area contributed by atoms with E-state index in [1.807, 2.05) is 24.3 Å². The molecule has 2 fully saturated rings. The van der Waals surface area contributed by atoms with Crippen molar-refractivity contribution in [1.29, 1.82) is 0 Å². The van der Waals surface area contributed by atoms with Crippen molar-refractivity contribution in [3.63, 3.8) is 0 Å². The molecule has 3 atom stereocenters. The molecular weight excluding hydrogens is 320 g/mol. The van der Waals surface area contributed by atoms with Crippen LogP contribution in [0.4, 0.5) is 0 Å². The first-order valence-corrected chi connectivity index (χ1v) is 9.84. The number of hydrogen-bond acceptors (Lipinski definition) is 4. The average Bonchev–Trinajstić information content (AvgIpc) is 3.15. The second-order valence-electron chi connectivity index (χ2n) is 6.97. The Bertz CT molecular complexity index is 686. The molecular formula is C18H24N4OS. The quantitative estimate of drug-likeness (QED) is 0.780. The van der Waals surface area contributed by atoms with Crippen LogP contribution in [-0.4, -0.2) is 39.8 Å². The van der Waals surface area contributed by atoms with E-state index in [2.05, 4.69) is 27.5 Å². The smallest absolute Gasteiger partial charge is 0.230 e. The Kier molecular flexibility index (Phi) is 4.50. The van der Waals surface area contributed by atoms with Crippen LogP contribution in [0.1, 0.15) is 43.7 Å². The number of fused-ring (bicyclic) bond motifs is 3. The van der Waals surface area contributed by atoms with Crippen molar-refractivity contribution in [3.8, 4) is 0 Å². The number of nitrogens with zero attached hydrogens (tertiary/aromatic N) is 1. The topological polar surface area (TPSA) is 69.8 Å². The van der Waals surface area contributed by atoms with Crippen LogP contribution in [0, 0.1) is 0 Å². The van der Waals surface area contributed by atoms with E-state index in [0.717, 1.165) is 29.7 Å². The standard InChI is InChI=1S/C18H24N4OS/c1-11(18-21-15-4-2-3-5-16(15)22-18)24-10-17(23)20-14-8-12-6-7-13(9-14)19-12/h2-5,11-14,19H,6-10H2,1H3,(H,20,23)(H,21,22). The lowest BCUT2D eigenvalue weighted by Crippen LogP contribution is -2.48. The molecule has 2 bridgehead atoms. The second kappa shape index (κ2) is 6.76. The average molecular weight is 344 g/mol. The molecule has 1 aromatic heterocycles. The predicted octanol–water partition coefficient (Wildman–Crippen LogP) is 2.76. The minimum Gasteiger partial charge on any atom is -0.353 e. The molecule has 1 amide bonds. The van der Waals surface area contributed by atoms with Crippen molar-refractivity contribution >= 4 is 28.7 Å². The fraction of sp³-hybridized carbons (Fsp3) is 0.556. The third-order valence-electron chi connectivity index (χ3n) is 5.10. The highest BCUT2D eigenvalue weighted by molar-refractivity contribution is 8.00. The van der Waals surface area contributed by atoms with Crippen LogP contribution < -0.4 is 10.6 Å². The van der Waals surface area contributed by atoms with E-state index in [0.29, 0.717) is 23.9 Å². The van der Waals surface area contributed by atoms with Crippen LogP contribution in [-0.2, 0) is 4.79 Å². The maximum Gasteiger partial charge on any atom is 0.230 e. The summed E-state index contributed by atoms with van der Waals surface area (Å²) in [6, 6.07) is 9.59. The van der Waals surface area contributed by atoms with Crippen molar-refractivity contribution in [2.45, 2.75) is 56.0 Å². The SMILES string of the molecule is CC(SCC(=O)NC1CC2CCC(C1)N2)c1nc2ccccc2[nH]1. The lowest BCUT2D eigenvalue weighted by atomic mass is 10.00. The number of carbonyl (C=O) groups excluding carboxylic acids is 1. The van der Waals surface area contributed by atoms with Crippen LogP contribution in [0.25, 0.3) is 11.0 Å². The summed E-state index contributed by atoms with van der Waals surface area (Å²) in [5.41, 5.74) is 2.03. The summed E-state index contributed by atoms with van der Waals surface area (Å²) in [4.78, 5) is 20.2. The monoisotopic (exact) mass is 344 g/mol. The Morgan fingerprint density at radius 2 is 2.08 bits per heavy atom. The molecule has 2 aliphatic rings. The van der Waals surface area contributed by atoms with E-state index < -0.39 is 0 Å². The normalized spacial score (nSPS) is 27.3. The molecule has 5 nitrogen and oxygen atoms in total. The molecule has 2 aromatic rings. The van der Waals surface area contributed by atoms with Gasteiger partial charge in [0.1, 0.15) is 5.82 Å². The molecule has 1 aromatic carbocycles. The van der Waals surface area contributed by atoms with E-state index >= 15 is 0 Å². The van der Waals surface area contributed by atoms with Gasteiger partial charge in [-0.05, 0) is 44.7 Å². The van der Waals surface area contributed by atoms with E-state index in [4.69, 9.17) is 0 Å². The predicted molar refractivity (Wildman–Crippen MR) is 98.1 cm³/mol. The number of piperidine rings is 1. The van der Waals surface area contributed by atoms with E-state index in [1.54, 1.807) is 11.8 Å². The van der Waals surface area contributed by atoms with Gasteiger partial charge >= 0.3 is 0 Å². The number of hydrogen-bond donors (Lipinski definition) is 3. The highest BCUT2D eigenvalue weighted by Gasteiger charge is 2.33. The van der Waals surface area contributed by atoms with E-state index in [9.17, 15) is 4.79 Å². The molecule has 4 rings (SSSR count). The summed E-state index contributed by atoms with van der Waals surface area (Å²) in [5.74, 6) is 1.57. The van der Waals surface area contributed by atoms with Crippen LogP contribution in [0.2, 0.25) is 0 Å². The lowest BCUT2D eigenvalue weighted by Gasteiger charge is -2.29. The van der Waals surface area contributed by atoms with Gasteiger partial charge in [0.15, 0.2) is 0 Å². The van der Waals surface area contributed by atoms with Gasteiger partial charge in [0, 0.05) is 18.1 Å². The van der Waals surface area contributed by atoms with Crippen LogP contribution >= 0.6 is 11.8 Å². The summed E-state index contributed by atoms with van der Waals surface area (Å²) in [6.45, 7) is 2.10. The van der Waals surface area contributed by atoms with Gasteiger partial charge < -0.3 is 15.6 Å². The largest absolute Gasteiger partial charge is 0.353 e. The molecule has 0 saturated carbocycles. The summed E-state index contributed by atoms with van der Waals surface area (Å²) >= 11 is 1.64. The number of amides is 1. The Morgan fingerprint density at radius 3 is 2.83 bits per heavy atom. The maximum absolute atomic E-state index is 12.3. The van der Waals surface area contributed by atoms with Gasteiger partial charge in [-0.3, -0.25) is 4.79 Å². The molecule has 0 aliphatic carbocycles. The second-order valence-corrected chi connectivity index (χ2v) is 8.30. The highest BCUT2D eigenvalue weighted by Crippen LogP contribution is 2.29. The van der Waals surface area contributed by atoms with Gasteiger partial charge in [0.25, 0.3) is 0 Å². The fourth-order valence-corrected chi connectivity index (χ4v) is 4.64. The number of nitrogens with one attached hydrogen (secondary N) is 3. The van der Waals surface area contributed by atoms with Gasteiger partial charge in [0.05, 0.1) is 22.0 Å². The van der Waals surface area contributed by atoms with Crippen molar-refractivity contribution < 1.29 is 4.79 Å². The van der Waals surface area contributed by atoms with Crippen molar-refractivity contribution in [1.82, 2.24) is 20.6 Å². The van der Waals surface area contributed by atoms with Crippen LogP contribution in [0.3, 0.4) is 0 Å². The molecule has 3 unspecified atom stereocenters. The van der Waals surface area contributed by atoms with Crippen molar-refractivity contribution in [2.24, 2.45) is 0 Å². The summed E-state index contributed by atoms with van der Waals surface area (Å²) in [6.07, 6.45) is 4.67. The molecule has 2 aliphatic heterocycles. The van der Waals surface area contributed by atoms with Crippen molar-refractivity contribution in [3.05, 3.63) is 30.1 Å². The Balaban J connectivity index is 1.28. The lowest BCUT2D eigenvalue weighted by molar-refractivity contribution is -0.119. The number of para-hydroxylation sites is 2. The third kappa shape index (κ3) is 3.44. The van der Waals surface area contributed by atoms with Gasteiger partial charge in [-0.1, -0.05) is 12.1 Å². The Morgan fingerprint density at radius 1 is 1.33 bits per heavy atom. The summed E-state index contributed by atoms with van der Waals surface area (Å²) in [5, 5.41) is 7.01. The molecule has 6 heteroatoms. The molecule has 24 heavy (non-hydrogen) atoms. The summed E-state index contributed by atoms with van der Waals surface area (Å²) in [7, 11) is 0. The van der Waals surface area contributed by atoms with E-state index in [-0.39, 0.29) is 11.2 Å². The first-order valence-electron chi connectivity index (χ1n) is 8.79. The van der Waals surface area contributed by atoms with Gasteiger partial charge in [-0.25, -0.2) is 4.98 Å². The van der Waals surface area contributed by atoms with Gasteiger partial charge in [-0.15, -0.1) is 11.8 Å². The first kappa shape index (κ1) is 16.0. The number of imidazole rings is 1. The first-order chi connectivity index (χ1) is 11.7.